The Labute approximate surface area is 162 Å². The van der Waals surface area contributed by atoms with Crippen LogP contribution in [0.25, 0.3) is 0 Å². The Morgan fingerprint density at radius 1 is 1.32 bits per heavy atom. The molecule has 2 N–H and O–H groups in total. The van der Waals surface area contributed by atoms with Gasteiger partial charge < -0.3 is 15.5 Å². The molecule has 1 aromatic heterocycles. The number of anilines is 1. The summed E-state index contributed by atoms with van der Waals surface area (Å²) in [7, 11) is 0. The standard InChI is InChI=1S/C17H27N5O.2ClH/c1-14(20-17(23)15-5-4-8-18-15)13-21-9-11-22(12-10-21)16-6-2-3-7-19-16;;/h2-3,6-7,14-15,18H,4-5,8-13H2,1H3,(H,20,23);2*1H. The van der Waals surface area contributed by atoms with Crippen molar-refractivity contribution < 1.29 is 4.79 Å². The minimum absolute atomic E-state index is 0. The minimum atomic E-state index is 0. The Balaban J connectivity index is 0.00000156. The van der Waals surface area contributed by atoms with Crippen LogP contribution < -0.4 is 15.5 Å². The van der Waals surface area contributed by atoms with E-state index >= 15 is 0 Å². The van der Waals surface area contributed by atoms with Crippen LogP contribution in [0.5, 0.6) is 0 Å². The normalized spacial score (nSPS) is 21.8. The third-order valence-electron chi connectivity index (χ3n) is 4.64. The average Bonchev–Trinajstić information content (AvgIpc) is 3.11. The Bertz CT molecular complexity index is 505. The molecule has 2 fully saturated rings. The van der Waals surface area contributed by atoms with E-state index in [0.717, 1.165) is 57.9 Å². The van der Waals surface area contributed by atoms with Crippen LogP contribution in [0, 0.1) is 0 Å². The number of rotatable bonds is 5. The molecule has 2 aliphatic rings. The molecule has 8 heteroatoms. The molecule has 25 heavy (non-hydrogen) atoms. The third kappa shape index (κ3) is 6.29. The number of nitrogens with one attached hydrogen (secondary N) is 2. The highest BCUT2D eigenvalue weighted by atomic mass is 35.5. The van der Waals surface area contributed by atoms with Gasteiger partial charge in [-0.05, 0) is 38.4 Å². The van der Waals surface area contributed by atoms with Gasteiger partial charge in [0, 0.05) is 45.0 Å². The number of pyridine rings is 1. The topological polar surface area (TPSA) is 60.5 Å². The van der Waals surface area contributed by atoms with Crippen molar-refractivity contribution in [1.82, 2.24) is 20.5 Å². The molecule has 2 saturated heterocycles. The molecule has 3 heterocycles. The number of carbonyl (C=O) groups is 1. The van der Waals surface area contributed by atoms with Crippen LogP contribution in [-0.2, 0) is 4.79 Å². The summed E-state index contributed by atoms with van der Waals surface area (Å²) < 4.78 is 0. The number of hydrogen-bond acceptors (Lipinski definition) is 5. The zero-order chi connectivity index (χ0) is 16.1. The highest BCUT2D eigenvalue weighted by Gasteiger charge is 2.24. The van der Waals surface area contributed by atoms with Crippen LogP contribution in [0.2, 0.25) is 0 Å². The molecule has 0 bridgehead atoms. The average molecular weight is 390 g/mol. The summed E-state index contributed by atoms with van der Waals surface area (Å²) in [6.45, 7) is 7.97. The zero-order valence-electron chi connectivity index (χ0n) is 14.7. The van der Waals surface area contributed by atoms with Crippen LogP contribution in [0.15, 0.2) is 24.4 Å². The lowest BCUT2D eigenvalue weighted by Crippen LogP contribution is -2.52. The number of amides is 1. The van der Waals surface area contributed by atoms with Crippen LogP contribution in [0.3, 0.4) is 0 Å². The van der Waals surface area contributed by atoms with Crippen molar-refractivity contribution in [3.8, 4) is 0 Å². The summed E-state index contributed by atoms with van der Waals surface area (Å²) in [5, 5.41) is 6.39. The van der Waals surface area contributed by atoms with Gasteiger partial charge >= 0.3 is 0 Å². The zero-order valence-corrected chi connectivity index (χ0v) is 16.3. The molecule has 2 unspecified atom stereocenters. The van der Waals surface area contributed by atoms with E-state index in [1.165, 1.54) is 0 Å². The van der Waals surface area contributed by atoms with Crippen molar-refractivity contribution in [2.75, 3.05) is 44.2 Å². The van der Waals surface area contributed by atoms with Crippen molar-refractivity contribution in [2.24, 2.45) is 0 Å². The number of aromatic nitrogens is 1. The maximum absolute atomic E-state index is 12.1. The number of hydrogen-bond donors (Lipinski definition) is 2. The first kappa shape index (κ1) is 22.0. The lowest BCUT2D eigenvalue weighted by Gasteiger charge is -2.36. The Morgan fingerprint density at radius 2 is 2.08 bits per heavy atom. The Hall–Kier alpha value is -1.08. The van der Waals surface area contributed by atoms with Crippen molar-refractivity contribution in [2.45, 2.75) is 31.8 Å². The van der Waals surface area contributed by atoms with E-state index in [2.05, 4.69) is 38.4 Å². The predicted molar refractivity (Wildman–Crippen MR) is 106 cm³/mol. The highest BCUT2D eigenvalue weighted by molar-refractivity contribution is 5.85. The van der Waals surface area contributed by atoms with Crippen LogP contribution in [0.1, 0.15) is 19.8 Å². The molecule has 0 saturated carbocycles. The number of piperazine rings is 1. The van der Waals surface area contributed by atoms with Crippen molar-refractivity contribution in [1.29, 1.82) is 0 Å². The number of carbonyl (C=O) groups excluding carboxylic acids is 1. The predicted octanol–water partition coefficient (Wildman–Crippen LogP) is 1.30. The van der Waals surface area contributed by atoms with Gasteiger partial charge in [0.25, 0.3) is 0 Å². The van der Waals surface area contributed by atoms with Gasteiger partial charge in [0.1, 0.15) is 5.82 Å². The van der Waals surface area contributed by atoms with Gasteiger partial charge in [-0.25, -0.2) is 4.98 Å². The minimum Gasteiger partial charge on any atom is -0.354 e. The number of halogens is 2. The molecule has 6 nitrogen and oxygen atoms in total. The largest absolute Gasteiger partial charge is 0.354 e. The summed E-state index contributed by atoms with van der Waals surface area (Å²) in [6, 6.07) is 6.24. The highest BCUT2D eigenvalue weighted by Crippen LogP contribution is 2.12. The van der Waals surface area contributed by atoms with Crippen LogP contribution >= 0.6 is 24.8 Å². The first-order valence-electron chi connectivity index (χ1n) is 8.64. The van der Waals surface area contributed by atoms with Gasteiger partial charge in [-0.2, -0.15) is 0 Å². The van der Waals surface area contributed by atoms with Crippen LogP contribution in [-0.4, -0.2) is 67.1 Å². The Morgan fingerprint density at radius 3 is 2.68 bits per heavy atom. The van der Waals surface area contributed by atoms with Gasteiger partial charge in [-0.3, -0.25) is 9.69 Å². The van der Waals surface area contributed by atoms with Crippen molar-refractivity contribution >= 4 is 36.5 Å². The molecule has 1 aromatic rings. The smallest absolute Gasteiger partial charge is 0.237 e. The van der Waals surface area contributed by atoms with E-state index < -0.39 is 0 Å². The summed E-state index contributed by atoms with van der Waals surface area (Å²) in [6.07, 6.45) is 3.90. The molecule has 0 spiro atoms. The second-order valence-corrected chi connectivity index (χ2v) is 6.53. The summed E-state index contributed by atoms with van der Waals surface area (Å²) in [4.78, 5) is 21.3. The maximum Gasteiger partial charge on any atom is 0.237 e. The van der Waals surface area contributed by atoms with E-state index in [-0.39, 0.29) is 42.8 Å². The molecule has 0 aromatic carbocycles. The monoisotopic (exact) mass is 389 g/mol. The summed E-state index contributed by atoms with van der Waals surface area (Å²) >= 11 is 0. The van der Waals surface area contributed by atoms with Gasteiger partial charge in [0.05, 0.1) is 6.04 Å². The van der Waals surface area contributed by atoms with Crippen molar-refractivity contribution in [3.63, 3.8) is 0 Å². The third-order valence-corrected chi connectivity index (χ3v) is 4.64. The fourth-order valence-corrected chi connectivity index (χ4v) is 3.39. The summed E-state index contributed by atoms with van der Waals surface area (Å²) in [5.41, 5.74) is 0. The summed E-state index contributed by atoms with van der Waals surface area (Å²) in [5.74, 6) is 1.21. The van der Waals surface area contributed by atoms with Crippen LogP contribution in [0.4, 0.5) is 5.82 Å². The van der Waals surface area contributed by atoms with Crippen molar-refractivity contribution in [3.05, 3.63) is 24.4 Å². The molecular weight excluding hydrogens is 361 g/mol. The fourth-order valence-electron chi connectivity index (χ4n) is 3.39. The SMILES string of the molecule is CC(CN1CCN(c2ccccn2)CC1)NC(=O)C1CCCN1.Cl.Cl. The number of nitrogens with zero attached hydrogens (tertiary/aromatic N) is 3. The second-order valence-electron chi connectivity index (χ2n) is 6.53. The van der Waals surface area contributed by atoms with Gasteiger partial charge in [-0.1, -0.05) is 6.07 Å². The first-order valence-corrected chi connectivity index (χ1v) is 8.64. The first-order chi connectivity index (χ1) is 11.2. The second kappa shape index (κ2) is 10.8. The van der Waals surface area contributed by atoms with Gasteiger partial charge in [0.2, 0.25) is 5.91 Å². The molecule has 2 aliphatic heterocycles. The fraction of sp³-hybridized carbons (Fsp3) is 0.647. The Kier molecular flexibility index (Phi) is 9.50. The van der Waals surface area contributed by atoms with E-state index in [1.807, 2.05) is 18.3 Å². The van der Waals surface area contributed by atoms with E-state index in [0.29, 0.717) is 0 Å². The van der Waals surface area contributed by atoms with E-state index in [4.69, 9.17) is 0 Å². The molecule has 3 rings (SSSR count). The maximum atomic E-state index is 12.1. The molecule has 0 aliphatic carbocycles. The molecule has 0 radical (unpaired) electrons. The quantitative estimate of drug-likeness (QED) is 0.794. The molecular formula is C17H29Cl2N5O. The lowest BCUT2D eigenvalue weighted by atomic mass is 10.2. The van der Waals surface area contributed by atoms with E-state index in [9.17, 15) is 4.79 Å². The van der Waals surface area contributed by atoms with Gasteiger partial charge in [-0.15, -0.1) is 24.8 Å². The van der Waals surface area contributed by atoms with Gasteiger partial charge in [0.15, 0.2) is 0 Å². The molecule has 2 atom stereocenters. The molecule has 142 valence electrons. The lowest BCUT2D eigenvalue weighted by molar-refractivity contribution is -0.123. The van der Waals surface area contributed by atoms with E-state index in [1.54, 1.807) is 0 Å². The molecule has 1 amide bonds.